The molecule has 0 aromatic heterocycles. The minimum absolute atomic E-state index is 0.0232. The zero-order valence-corrected chi connectivity index (χ0v) is 26.0. The van der Waals surface area contributed by atoms with E-state index in [1.165, 1.54) is 12.8 Å². The molecular formula is C34H57NO3. The van der Waals surface area contributed by atoms with Crippen LogP contribution < -0.4 is 0 Å². The molecule has 4 fully saturated rings. The summed E-state index contributed by atoms with van der Waals surface area (Å²) >= 11 is 0. The van der Waals surface area contributed by atoms with Gasteiger partial charge in [-0.25, -0.2) is 0 Å². The number of allylic oxidation sites excluding steroid dienone is 2. The third-order valence-electron chi connectivity index (χ3n) is 14.1. The van der Waals surface area contributed by atoms with E-state index in [9.17, 15) is 9.90 Å². The molecule has 4 saturated carbocycles. The van der Waals surface area contributed by atoms with Crippen molar-refractivity contribution in [3.8, 4) is 0 Å². The van der Waals surface area contributed by atoms with Crippen LogP contribution in [-0.4, -0.2) is 49.3 Å². The molecule has 5 aliphatic rings. The predicted octanol–water partition coefficient (Wildman–Crippen LogP) is 7.11. The molecule has 0 radical (unpaired) electrons. The van der Waals surface area contributed by atoms with E-state index in [1.807, 2.05) is 14.1 Å². The van der Waals surface area contributed by atoms with Crippen molar-refractivity contribution in [3.05, 3.63) is 11.6 Å². The minimum Gasteiger partial charge on any atom is -0.464 e. The second-order valence-electron chi connectivity index (χ2n) is 16.1. The van der Waals surface area contributed by atoms with E-state index in [1.54, 1.807) is 5.57 Å². The van der Waals surface area contributed by atoms with Gasteiger partial charge in [-0.05, 0) is 123 Å². The van der Waals surface area contributed by atoms with Crippen LogP contribution in [0.3, 0.4) is 0 Å². The number of carbonyl (C=O) groups is 1. The SMILES string of the molecule is C[C@H]1[C@H](C)CC[C@]2(C(=O)OCCN(C)C)CC[C@]3(C)C(=CC[C@@H]4[C@@]5(C)CC[C@H](O)C(C)(C)C5CC[C@]43C)[C@@H]12. The van der Waals surface area contributed by atoms with Gasteiger partial charge in [0.25, 0.3) is 0 Å². The summed E-state index contributed by atoms with van der Waals surface area (Å²) in [6.45, 7) is 18.6. The summed E-state index contributed by atoms with van der Waals surface area (Å²) in [6.07, 6.45) is 12.3. The number of ether oxygens (including phenoxy) is 1. The Morgan fingerprint density at radius 1 is 0.974 bits per heavy atom. The molecule has 0 aromatic carbocycles. The summed E-state index contributed by atoms with van der Waals surface area (Å²) in [5, 5.41) is 11.0. The van der Waals surface area contributed by atoms with Crippen LogP contribution in [0.4, 0.5) is 0 Å². The van der Waals surface area contributed by atoms with Crippen molar-refractivity contribution in [2.75, 3.05) is 27.2 Å². The van der Waals surface area contributed by atoms with Crippen LogP contribution in [0, 0.1) is 56.7 Å². The molecule has 4 nitrogen and oxygen atoms in total. The quantitative estimate of drug-likeness (QED) is 0.313. The van der Waals surface area contributed by atoms with Crippen LogP contribution in [0.1, 0.15) is 106 Å². The van der Waals surface area contributed by atoms with Gasteiger partial charge in [-0.2, -0.15) is 0 Å². The third kappa shape index (κ3) is 3.77. The maximum absolute atomic E-state index is 14.0. The topological polar surface area (TPSA) is 49.8 Å². The largest absolute Gasteiger partial charge is 0.464 e. The molecule has 0 spiro atoms. The maximum Gasteiger partial charge on any atom is 0.312 e. The Morgan fingerprint density at radius 2 is 1.68 bits per heavy atom. The highest BCUT2D eigenvalue weighted by Crippen LogP contribution is 2.75. The van der Waals surface area contributed by atoms with Crippen LogP contribution in [0.15, 0.2) is 11.6 Å². The van der Waals surface area contributed by atoms with Crippen LogP contribution >= 0.6 is 0 Å². The Balaban J connectivity index is 1.54. The number of hydrogen-bond acceptors (Lipinski definition) is 4. The van der Waals surface area contributed by atoms with Gasteiger partial charge in [0.05, 0.1) is 11.5 Å². The molecular weight excluding hydrogens is 470 g/mol. The van der Waals surface area contributed by atoms with Gasteiger partial charge < -0.3 is 14.7 Å². The first kappa shape index (κ1) is 28.7. The summed E-state index contributed by atoms with van der Waals surface area (Å²) < 4.78 is 6.07. The highest BCUT2D eigenvalue weighted by atomic mass is 16.5. The lowest BCUT2D eigenvalue weighted by Gasteiger charge is -2.71. The summed E-state index contributed by atoms with van der Waals surface area (Å²) in [7, 11) is 4.08. The standard InChI is InChI=1S/C34H57NO3/c1-22-12-17-34(29(37)38-21-20-35(8)9)19-18-32(6)24(28(34)23(22)2)10-11-26-31(5)15-14-27(36)30(3,4)25(31)13-16-33(26,32)7/h10,22-23,25-28,36H,11-21H2,1-9H3/t22-,23+,25?,26-,27+,28-,31+,32-,33-,34+/m1/s1. The van der Waals surface area contributed by atoms with Gasteiger partial charge in [0.1, 0.15) is 6.61 Å². The number of fused-ring (bicyclic) bond motifs is 7. The van der Waals surface area contributed by atoms with Crippen molar-refractivity contribution < 1.29 is 14.6 Å². The van der Waals surface area contributed by atoms with Crippen LogP contribution in [0.2, 0.25) is 0 Å². The van der Waals surface area contributed by atoms with Gasteiger partial charge in [0, 0.05) is 6.54 Å². The summed E-state index contributed by atoms with van der Waals surface area (Å²) in [5.41, 5.74) is 1.83. The maximum atomic E-state index is 14.0. The zero-order valence-electron chi connectivity index (χ0n) is 26.0. The molecule has 216 valence electrons. The molecule has 0 aliphatic heterocycles. The van der Waals surface area contributed by atoms with Crippen molar-refractivity contribution >= 4 is 5.97 Å². The van der Waals surface area contributed by atoms with Crippen molar-refractivity contribution in [3.63, 3.8) is 0 Å². The van der Waals surface area contributed by atoms with E-state index in [-0.39, 0.29) is 39.1 Å². The monoisotopic (exact) mass is 527 g/mol. The molecule has 0 saturated heterocycles. The van der Waals surface area contributed by atoms with Gasteiger partial charge in [0.15, 0.2) is 0 Å². The third-order valence-corrected chi connectivity index (χ3v) is 14.1. The molecule has 38 heavy (non-hydrogen) atoms. The highest BCUT2D eigenvalue weighted by Gasteiger charge is 2.69. The molecule has 0 heterocycles. The molecule has 0 amide bonds. The van der Waals surface area contributed by atoms with E-state index in [4.69, 9.17) is 4.74 Å². The summed E-state index contributed by atoms with van der Waals surface area (Å²) in [4.78, 5) is 16.1. The Bertz CT molecular complexity index is 971. The lowest BCUT2D eigenvalue weighted by atomic mass is 9.33. The van der Waals surface area contributed by atoms with Crippen LogP contribution in [0.5, 0.6) is 0 Å². The van der Waals surface area contributed by atoms with Crippen molar-refractivity contribution in [1.29, 1.82) is 0 Å². The van der Waals surface area contributed by atoms with Gasteiger partial charge in [-0.1, -0.05) is 60.1 Å². The zero-order chi connectivity index (χ0) is 27.9. The summed E-state index contributed by atoms with van der Waals surface area (Å²) in [5.74, 6) is 2.70. The number of carbonyl (C=O) groups excluding carboxylic acids is 1. The molecule has 0 bridgehead atoms. The van der Waals surface area contributed by atoms with E-state index in [2.05, 4.69) is 59.4 Å². The molecule has 5 rings (SSSR count). The average Bonchev–Trinajstić information content (AvgIpc) is 2.84. The van der Waals surface area contributed by atoms with Crippen LogP contribution in [-0.2, 0) is 9.53 Å². The van der Waals surface area contributed by atoms with Gasteiger partial charge in [-0.15, -0.1) is 0 Å². The minimum atomic E-state index is -0.356. The Hall–Kier alpha value is -0.870. The number of esters is 1. The lowest BCUT2D eigenvalue weighted by molar-refractivity contribution is -0.207. The normalized spacial score (nSPS) is 49.7. The highest BCUT2D eigenvalue weighted by molar-refractivity contribution is 5.79. The number of rotatable bonds is 4. The number of aliphatic hydroxyl groups excluding tert-OH is 1. The van der Waals surface area contributed by atoms with Gasteiger partial charge in [-0.3, -0.25) is 4.79 Å². The van der Waals surface area contributed by atoms with E-state index < -0.39 is 0 Å². The smallest absolute Gasteiger partial charge is 0.312 e. The van der Waals surface area contributed by atoms with Gasteiger partial charge >= 0.3 is 5.97 Å². The van der Waals surface area contributed by atoms with Crippen LogP contribution in [0.25, 0.3) is 0 Å². The first-order valence-electron chi connectivity index (χ1n) is 15.9. The average molecular weight is 528 g/mol. The Labute approximate surface area is 233 Å². The Morgan fingerprint density at radius 3 is 2.37 bits per heavy atom. The molecule has 10 atom stereocenters. The molecule has 1 unspecified atom stereocenters. The van der Waals surface area contributed by atoms with Gasteiger partial charge in [0.2, 0.25) is 0 Å². The van der Waals surface area contributed by atoms with E-state index >= 15 is 0 Å². The van der Waals surface area contributed by atoms with Crippen molar-refractivity contribution in [2.45, 2.75) is 112 Å². The predicted molar refractivity (Wildman–Crippen MR) is 154 cm³/mol. The number of aliphatic hydroxyl groups is 1. The second kappa shape index (κ2) is 9.33. The number of hydrogen-bond donors (Lipinski definition) is 1. The lowest BCUT2D eigenvalue weighted by Crippen LogP contribution is -2.65. The molecule has 0 aromatic rings. The number of likely N-dealkylation sites (N-methyl/N-ethyl adjacent to an activating group) is 1. The molecule has 5 aliphatic carbocycles. The number of nitrogens with zero attached hydrogens (tertiary/aromatic N) is 1. The fourth-order valence-corrected chi connectivity index (χ4v) is 11.3. The fraction of sp³-hybridized carbons (Fsp3) is 0.912. The fourth-order valence-electron chi connectivity index (χ4n) is 11.3. The first-order chi connectivity index (χ1) is 17.6. The molecule has 4 heteroatoms. The van der Waals surface area contributed by atoms with Crippen molar-refractivity contribution in [2.24, 2.45) is 56.7 Å². The van der Waals surface area contributed by atoms with E-state index in [0.717, 1.165) is 51.5 Å². The Kier molecular flexibility index (Phi) is 7.03. The first-order valence-corrected chi connectivity index (χ1v) is 15.9. The van der Waals surface area contributed by atoms with Crippen molar-refractivity contribution in [1.82, 2.24) is 4.90 Å². The summed E-state index contributed by atoms with van der Waals surface area (Å²) in [6, 6.07) is 0. The van der Waals surface area contributed by atoms with E-state index in [0.29, 0.717) is 36.2 Å². The molecule has 1 N–H and O–H groups in total. The second-order valence-corrected chi connectivity index (χ2v) is 16.1.